The summed E-state index contributed by atoms with van der Waals surface area (Å²) in [6, 6.07) is 9.96. The van der Waals surface area contributed by atoms with E-state index in [0.717, 1.165) is 31.6 Å². The number of aliphatic hydroxyl groups is 1. The van der Waals surface area contributed by atoms with E-state index in [1.165, 1.54) is 7.11 Å². The number of amides is 1. The molecule has 1 amide bonds. The lowest BCUT2D eigenvalue weighted by Gasteiger charge is -2.37. The number of anilines is 1. The van der Waals surface area contributed by atoms with Crippen molar-refractivity contribution in [2.45, 2.75) is 32.4 Å². The third-order valence-electron chi connectivity index (χ3n) is 4.22. The number of benzene rings is 1. The number of methoxy groups -OCH3 is 1. The first-order valence-corrected chi connectivity index (χ1v) is 7.98. The Morgan fingerprint density at radius 1 is 1.45 bits per heavy atom. The van der Waals surface area contributed by atoms with E-state index in [9.17, 15) is 9.90 Å². The van der Waals surface area contributed by atoms with Gasteiger partial charge < -0.3 is 19.6 Å². The number of para-hydroxylation sites is 1. The van der Waals surface area contributed by atoms with Gasteiger partial charge in [0.05, 0.1) is 7.11 Å². The Bertz CT molecular complexity index is 466. The molecule has 2 atom stereocenters. The average Bonchev–Trinajstić information content (AvgIpc) is 2.59. The van der Waals surface area contributed by atoms with Crippen molar-refractivity contribution in [2.24, 2.45) is 5.92 Å². The van der Waals surface area contributed by atoms with Gasteiger partial charge >= 0.3 is 6.09 Å². The Hall–Kier alpha value is -1.75. The average molecular weight is 306 g/mol. The minimum Gasteiger partial charge on any atom is -0.453 e. The third-order valence-corrected chi connectivity index (χ3v) is 4.22. The number of carbonyl (C=O) groups excluding carboxylic acids is 1. The SMILES string of the molecule is CCC(O)N(C[C@@H]1CCCN(C(=O)OC)C1)c1ccccc1. The zero-order valence-electron chi connectivity index (χ0n) is 13.4. The second-order valence-electron chi connectivity index (χ2n) is 5.80. The number of carbonyl (C=O) groups is 1. The van der Waals surface area contributed by atoms with Gasteiger partial charge in [0.2, 0.25) is 0 Å². The zero-order chi connectivity index (χ0) is 15.9. The Morgan fingerprint density at radius 3 is 2.82 bits per heavy atom. The summed E-state index contributed by atoms with van der Waals surface area (Å²) in [5.74, 6) is 0.342. The van der Waals surface area contributed by atoms with E-state index < -0.39 is 6.23 Å². The van der Waals surface area contributed by atoms with E-state index in [2.05, 4.69) is 0 Å². The third kappa shape index (κ3) is 4.13. The van der Waals surface area contributed by atoms with E-state index in [0.29, 0.717) is 18.9 Å². The summed E-state index contributed by atoms with van der Waals surface area (Å²) in [5.41, 5.74) is 1.02. The maximum atomic E-state index is 11.7. The van der Waals surface area contributed by atoms with E-state index in [1.54, 1.807) is 4.90 Å². The standard InChI is InChI=1S/C17H26N2O3/c1-3-16(20)19(15-9-5-4-6-10-15)13-14-8-7-11-18(12-14)17(21)22-2/h4-6,9-10,14,16,20H,3,7-8,11-13H2,1-2H3/t14-,16?/m1/s1. The van der Waals surface area contributed by atoms with Crippen LogP contribution in [0.4, 0.5) is 10.5 Å². The molecule has 2 rings (SSSR count). The first-order chi connectivity index (χ1) is 10.7. The number of piperidine rings is 1. The summed E-state index contributed by atoms with van der Waals surface area (Å²) in [7, 11) is 1.42. The van der Waals surface area contributed by atoms with Gasteiger partial charge in [0.1, 0.15) is 6.23 Å². The first kappa shape index (κ1) is 16.6. The van der Waals surface area contributed by atoms with Gasteiger partial charge in [-0.15, -0.1) is 0 Å². The molecule has 0 spiro atoms. The van der Waals surface area contributed by atoms with Crippen molar-refractivity contribution in [1.29, 1.82) is 0 Å². The molecule has 122 valence electrons. The molecule has 5 heteroatoms. The molecule has 5 nitrogen and oxygen atoms in total. The fourth-order valence-electron chi connectivity index (χ4n) is 3.03. The molecule has 1 fully saturated rings. The number of rotatable bonds is 5. The van der Waals surface area contributed by atoms with Crippen LogP contribution in [0.25, 0.3) is 0 Å². The van der Waals surface area contributed by atoms with Gasteiger partial charge in [-0.1, -0.05) is 25.1 Å². The van der Waals surface area contributed by atoms with Crippen molar-refractivity contribution < 1.29 is 14.6 Å². The molecule has 1 aliphatic rings. The Morgan fingerprint density at radius 2 is 2.18 bits per heavy atom. The predicted octanol–water partition coefficient (Wildman–Crippen LogP) is 2.70. The molecule has 1 aliphatic heterocycles. The minimum atomic E-state index is -0.504. The molecule has 0 aromatic heterocycles. The highest BCUT2D eigenvalue weighted by molar-refractivity contribution is 5.67. The van der Waals surface area contributed by atoms with Crippen LogP contribution in [0.3, 0.4) is 0 Å². The summed E-state index contributed by atoms with van der Waals surface area (Å²) in [6.07, 6.45) is 1.95. The van der Waals surface area contributed by atoms with Crippen LogP contribution in [-0.2, 0) is 4.74 Å². The highest BCUT2D eigenvalue weighted by Crippen LogP contribution is 2.23. The smallest absolute Gasteiger partial charge is 0.409 e. The molecule has 1 aromatic rings. The monoisotopic (exact) mass is 306 g/mol. The number of hydrogen-bond acceptors (Lipinski definition) is 4. The molecule has 1 N–H and O–H groups in total. The summed E-state index contributed by atoms with van der Waals surface area (Å²) in [4.78, 5) is 15.5. The van der Waals surface area contributed by atoms with Crippen molar-refractivity contribution in [3.05, 3.63) is 30.3 Å². The van der Waals surface area contributed by atoms with Gasteiger partial charge in [0, 0.05) is 25.3 Å². The second-order valence-corrected chi connectivity index (χ2v) is 5.80. The van der Waals surface area contributed by atoms with Crippen LogP contribution in [0.15, 0.2) is 30.3 Å². The van der Waals surface area contributed by atoms with Crippen molar-refractivity contribution in [3.8, 4) is 0 Å². The van der Waals surface area contributed by atoms with Crippen molar-refractivity contribution >= 4 is 11.8 Å². The number of ether oxygens (including phenoxy) is 1. The van der Waals surface area contributed by atoms with Crippen LogP contribution in [0, 0.1) is 5.92 Å². The maximum Gasteiger partial charge on any atom is 0.409 e. The van der Waals surface area contributed by atoms with Gasteiger partial charge in [-0.05, 0) is 37.3 Å². The molecular formula is C17H26N2O3. The van der Waals surface area contributed by atoms with E-state index in [-0.39, 0.29) is 6.09 Å². The molecule has 1 heterocycles. The molecule has 1 saturated heterocycles. The highest BCUT2D eigenvalue weighted by atomic mass is 16.5. The maximum absolute atomic E-state index is 11.7. The van der Waals surface area contributed by atoms with E-state index in [4.69, 9.17) is 4.74 Å². The van der Waals surface area contributed by atoms with Crippen molar-refractivity contribution in [2.75, 3.05) is 31.6 Å². The molecule has 0 aliphatic carbocycles. The topological polar surface area (TPSA) is 53.0 Å². The van der Waals surface area contributed by atoms with Gasteiger partial charge in [-0.2, -0.15) is 0 Å². The molecule has 1 unspecified atom stereocenters. The fraction of sp³-hybridized carbons (Fsp3) is 0.588. The number of nitrogens with zero attached hydrogens (tertiary/aromatic N) is 2. The molecule has 22 heavy (non-hydrogen) atoms. The Labute approximate surface area is 132 Å². The number of aliphatic hydroxyl groups excluding tert-OH is 1. The quantitative estimate of drug-likeness (QED) is 0.850. The normalized spacial score (nSPS) is 19.6. The summed E-state index contributed by atoms with van der Waals surface area (Å²) in [6.45, 7) is 4.16. The summed E-state index contributed by atoms with van der Waals surface area (Å²) >= 11 is 0. The fourth-order valence-corrected chi connectivity index (χ4v) is 3.03. The lowest BCUT2D eigenvalue weighted by Crippen LogP contribution is -2.46. The van der Waals surface area contributed by atoms with Crippen molar-refractivity contribution in [1.82, 2.24) is 4.90 Å². The molecule has 0 radical (unpaired) electrons. The molecular weight excluding hydrogens is 280 g/mol. The van der Waals surface area contributed by atoms with Crippen LogP contribution in [-0.4, -0.2) is 49.1 Å². The van der Waals surface area contributed by atoms with E-state index >= 15 is 0 Å². The largest absolute Gasteiger partial charge is 0.453 e. The predicted molar refractivity (Wildman–Crippen MR) is 86.8 cm³/mol. The lowest BCUT2D eigenvalue weighted by atomic mass is 9.97. The van der Waals surface area contributed by atoms with Gasteiger partial charge in [-0.25, -0.2) is 4.79 Å². The summed E-state index contributed by atoms with van der Waals surface area (Å²) in [5, 5.41) is 10.3. The van der Waals surface area contributed by atoms with Crippen LogP contribution in [0.5, 0.6) is 0 Å². The first-order valence-electron chi connectivity index (χ1n) is 7.98. The number of likely N-dealkylation sites (tertiary alicyclic amines) is 1. The van der Waals surface area contributed by atoms with Crippen LogP contribution >= 0.6 is 0 Å². The number of hydrogen-bond donors (Lipinski definition) is 1. The lowest BCUT2D eigenvalue weighted by molar-refractivity contribution is 0.0987. The Kier molecular flexibility index (Phi) is 6.07. The Balaban J connectivity index is 2.05. The zero-order valence-corrected chi connectivity index (χ0v) is 13.4. The second kappa shape index (κ2) is 8.03. The van der Waals surface area contributed by atoms with Crippen LogP contribution < -0.4 is 4.90 Å². The molecule has 0 bridgehead atoms. The van der Waals surface area contributed by atoms with Gasteiger partial charge in [-0.3, -0.25) is 0 Å². The van der Waals surface area contributed by atoms with E-state index in [1.807, 2.05) is 42.2 Å². The summed E-state index contributed by atoms with van der Waals surface area (Å²) < 4.78 is 4.82. The van der Waals surface area contributed by atoms with Gasteiger partial charge in [0.25, 0.3) is 0 Å². The molecule has 0 saturated carbocycles. The van der Waals surface area contributed by atoms with Crippen LogP contribution in [0.2, 0.25) is 0 Å². The highest BCUT2D eigenvalue weighted by Gasteiger charge is 2.27. The minimum absolute atomic E-state index is 0.257. The van der Waals surface area contributed by atoms with Gasteiger partial charge in [0.15, 0.2) is 0 Å². The molecule has 1 aromatic carbocycles. The van der Waals surface area contributed by atoms with Crippen molar-refractivity contribution in [3.63, 3.8) is 0 Å². The van der Waals surface area contributed by atoms with Crippen LogP contribution in [0.1, 0.15) is 26.2 Å².